The molecule has 11 nitrogen and oxygen atoms in total. The molecule has 0 aromatic heterocycles. The number of fused-ring (bicyclic) bond motifs is 1. The maximum absolute atomic E-state index is 12.4. The molecular weight excluding hydrogens is 825 g/mol. The number of hydrogen-bond acceptors (Lipinski definition) is 11. The van der Waals surface area contributed by atoms with Crippen LogP contribution in [-0.4, -0.2) is 79.7 Å². The predicted molar refractivity (Wildman–Crippen MR) is 241 cm³/mol. The van der Waals surface area contributed by atoms with Crippen molar-refractivity contribution in [2.24, 2.45) is 0 Å². The molecule has 6 aromatic carbocycles. The first-order chi connectivity index (χ1) is 32.1. The summed E-state index contributed by atoms with van der Waals surface area (Å²) < 4.78 is 67.1. The molecule has 3 heterocycles. The Labute approximate surface area is 380 Å². The fourth-order valence-corrected chi connectivity index (χ4v) is 8.40. The lowest BCUT2D eigenvalue weighted by Crippen LogP contribution is -2.67. The fraction of sp³-hybridized carbons (Fsp3) is 0.333. The van der Waals surface area contributed by atoms with Crippen LogP contribution in [0.2, 0.25) is 0 Å². The number of hydrogen-bond donors (Lipinski definition) is 1. The molecule has 0 saturated carbocycles. The Kier molecular flexibility index (Phi) is 15.8. The molecule has 6 aromatic rings. The van der Waals surface area contributed by atoms with Crippen LogP contribution >= 0.6 is 0 Å². The van der Waals surface area contributed by atoms with Gasteiger partial charge in [0.1, 0.15) is 48.8 Å². The Morgan fingerprint density at radius 2 is 0.877 bits per heavy atom. The summed E-state index contributed by atoms with van der Waals surface area (Å²) in [4.78, 5) is 0. The minimum Gasteiger partial charge on any atom is -0.385 e. The highest BCUT2D eigenvalue weighted by Crippen LogP contribution is 2.39. The minimum absolute atomic E-state index is 0.135. The molecule has 3 aliphatic heterocycles. The number of rotatable bonds is 19. The van der Waals surface area contributed by atoms with Crippen molar-refractivity contribution in [1.82, 2.24) is 0 Å². The van der Waals surface area contributed by atoms with Crippen LogP contribution in [0.4, 0.5) is 0 Å². The molecule has 11 heteroatoms. The Balaban J connectivity index is 1.07. The quantitative estimate of drug-likeness (QED) is 0.0846. The van der Waals surface area contributed by atoms with E-state index < -0.39 is 67.7 Å². The van der Waals surface area contributed by atoms with E-state index in [-0.39, 0.29) is 39.6 Å². The highest BCUT2D eigenvalue weighted by atomic mass is 16.8. The van der Waals surface area contributed by atoms with Crippen LogP contribution in [0.25, 0.3) is 0 Å². The molecule has 0 radical (unpaired) electrons. The summed E-state index contributed by atoms with van der Waals surface area (Å²) in [5.41, 5.74) is 5.67. The van der Waals surface area contributed by atoms with E-state index in [2.05, 4.69) is 0 Å². The molecule has 338 valence electrons. The van der Waals surface area contributed by atoms with Crippen LogP contribution in [-0.2, 0) is 80.4 Å². The Bertz CT molecular complexity index is 2260. The summed E-state index contributed by atoms with van der Waals surface area (Å²) in [6.07, 6.45) is -9.82. The summed E-state index contributed by atoms with van der Waals surface area (Å²) in [6, 6.07) is 59.3. The van der Waals surface area contributed by atoms with Crippen molar-refractivity contribution in [3.05, 3.63) is 215 Å². The van der Waals surface area contributed by atoms with Gasteiger partial charge in [-0.25, -0.2) is 0 Å². The predicted octanol–water partition coefficient (Wildman–Crippen LogP) is 8.49. The largest absolute Gasteiger partial charge is 0.385 e. The van der Waals surface area contributed by atoms with Crippen molar-refractivity contribution in [3.63, 3.8) is 0 Å². The van der Waals surface area contributed by atoms with Crippen molar-refractivity contribution in [2.75, 3.05) is 13.2 Å². The monoisotopic (exact) mass is 880 g/mol. The summed E-state index contributed by atoms with van der Waals surface area (Å²) in [6.45, 7) is 1.59. The molecule has 3 aliphatic rings. The second kappa shape index (κ2) is 22.9. The Hall–Kier alpha value is -5.12. The number of ether oxygens (including phenoxy) is 10. The summed E-state index contributed by atoms with van der Waals surface area (Å²) in [7, 11) is 0. The van der Waals surface area contributed by atoms with Crippen LogP contribution < -0.4 is 0 Å². The molecule has 11 atom stereocenters. The SMILES string of the molecule is O[C@H]1C(OCc2ccccc2)O[C@@H]2CO[C@H](c3ccccc3)O[C@@H]2[C@@H]1O[C@@H]1O[C@@H](COCc2ccccc2)[C@@H](OCc2ccccc2)[C@@H](OCc2ccccc2)[C@@H]1OCc1ccccc1. The van der Waals surface area contributed by atoms with Crippen LogP contribution in [0.1, 0.15) is 39.7 Å². The molecule has 0 amide bonds. The van der Waals surface area contributed by atoms with Gasteiger partial charge < -0.3 is 52.5 Å². The smallest absolute Gasteiger partial charge is 0.187 e. The Morgan fingerprint density at radius 1 is 0.431 bits per heavy atom. The molecule has 9 rings (SSSR count). The van der Waals surface area contributed by atoms with E-state index >= 15 is 0 Å². The van der Waals surface area contributed by atoms with Gasteiger partial charge in [0.2, 0.25) is 0 Å². The zero-order valence-electron chi connectivity index (χ0n) is 36.2. The Morgan fingerprint density at radius 3 is 1.40 bits per heavy atom. The summed E-state index contributed by atoms with van der Waals surface area (Å²) in [5, 5.41) is 12.4. The molecule has 65 heavy (non-hydrogen) atoms. The third-order valence-electron chi connectivity index (χ3n) is 11.8. The number of aliphatic hydroxyl groups is 1. The minimum atomic E-state index is -1.32. The van der Waals surface area contributed by atoms with Gasteiger partial charge in [-0.2, -0.15) is 0 Å². The van der Waals surface area contributed by atoms with Gasteiger partial charge in [-0.3, -0.25) is 0 Å². The summed E-state index contributed by atoms with van der Waals surface area (Å²) in [5.74, 6) is 0. The maximum atomic E-state index is 12.4. The van der Waals surface area contributed by atoms with Gasteiger partial charge in [0.25, 0.3) is 0 Å². The molecular formula is C54H56O11. The lowest BCUT2D eigenvalue weighted by molar-refractivity contribution is -0.398. The second-order valence-corrected chi connectivity index (χ2v) is 16.4. The molecule has 3 saturated heterocycles. The van der Waals surface area contributed by atoms with Gasteiger partial charge in [0, 0.05) is 5.56 Å². The first-order valence-electron chi connectivity index (χ1n) is 22.3. The van der Waals surface area contributed by atoms with Gasteiger partial charge in [-0.1, -0.05) is 182 Å². The van der Waals surface area contributed by atoms with Gasteiger partial charge in [0.05, 0.1) is 46.2 Å². The van der Waals surface area contributed by atoms with E-state index in [0.29, 0.717) is 6.61 Å². The average molecular weight is 881 g/mol. The van der Waals surface area contributed by atoms with Crippen LogP contribution in [0.3, 0.4) is 0 Å². The third-order valence-corrected chi connectivity index (χ3v) is 11.8. The molecule has 0 aliphatic carbocycles. The topological polar surface area (TPSA) is 113 Å². The molecule has 1 unspecified atom stereocenters. The highest BCUT2D eigenvalue weighted by Gasteiger charge is 2.55. The average Bonchev–Trinajstić information content (AvgIpc) is 3.37. The van der Waals surface area contributed by atoms with Crippen LogP contribution in [0, 0.1) is 0 Å². The molecule has 0 bridgehead atoms. The zero-order valence-corrected chi connectivity index (χ0v) is 36.2. The molecule has 1 N–H and O–H groups in total. The van der Waals surface area contributed by atoms with Crippen molar-refractivity contribution >= 4 is 0 Å². The van der Waals surface area contributed by atoms with E-state index in [1.807, 2.05) is 182 Å². The van der Waals surface area contributed by atoms with Crippen molar-refractivity contribution in [3.8, 4) is 0 Å². The molecule has 0 spiro atoms. The lowest BCUT2D eigenvalue weighted by atomic mass is 9.95. The summed E-state index contributed by atoms with van der Waals surface area (Å²) >= 11 is 0. The third kappa shape index (κ3) is 12.0. The first-order valence-corrected chi connectivity index (χ1v) is 22.3. The van der Waals surface area contributed by atoms with Gasteiger partial charge >= 0.3 is 0 Å². The van der Waals surface area contributed by atoms with Crippen LogP contribution in [0.5, 0.6) is 0 Å². The highest BCUT2D eigenvalue weighted by molar-refractivity contribution is 5.19. The van der Waals surface area contributed by atoms with Crippen LogP contribution in [0.15, 0.2) is 182 Å². The lowest BCUT2D eigenvalue weighted by Gasteiger charge is -2.51. The van der Waals surface area contributed by atoms with E-state index in [1.54, 1.807) is 0 Å². The van der Waals surface area contributed by atoms with E-state index in [9.17, 15) is 5.11 Å². The number of benzene rings is 6. The van der Waals surface area contributed by atoms with Crippen molar-refractivity contribution in [1.29, 1.82) is 0 Å². The molecule has 3 fully saturated rings. The zero-order chi connectivity index (χ0) is 44.0. The number of aliphatic hydroxyl groups excluding tert-OH is 1. The van der Waals surface area contributed by atoms with Crippen molar-refractivity contribution in [2.45, 2.75) is 101 Å². The standard InChI is InChI=1S/C54H56O11/c55-46-49(48-45(37-61-52(64-48)43-29-17-6-18-30-43)62-53(46)60-35-42-27-15-5-16-28-42)65-54-51(59-34-41-25-13-4-14-26-41)50(58-33-40-23-11-3-12-24-40)47(57-32-39-21-9-2-10-22-39)44(63-54)36-56-31-38-19-7-1-8-20-38/h1-30,44-55H,31-37H2/t44-,45+,46+,47+,48-,49+,50+,51-,52-,53?,54-/m0/s1. The maximum Gasteiger partial charge on any atom is 0.187 e. The van der Waals surface area contributed by atoms with Gasteiger partial charge in [-0.05, 0) is 27.8 Å². The normalized spacial score (nSPS) is 27.7. The van der Waals surface area contributed by atoms with E-state index in [4.69, 9.17) is 47.4 Å². The van der Waals surface area contributed by atoms with Gasteiger partial charge in [0.15, 0.2) is 18.9 Å². The first kappa shape index (κ1) is 45.1. The van der Waals surface area contributed by atoms with E-state index in [0.717, 1.165) is 33.4 Å². The van der Waals surface area contributed by atoms with Gasteiger partial charge in [-0.15, -0.1) is 0 Å². The van der Waals surface area contributed by atoms with Crippen molar-refractivity contribution < 1.29 is 52.5 Å². The fourth-order valence-electron chi connectivity index (χ4n) is 8.40. The van der Waals surface area contributed by atoms with E-state index in [1.165, 1.54) is 0 Å². The second-order valence-electron chi connectivity index (χ2n) is 16.4.